The lowest BCUT2D eigenvalue weighted by Gasteiger charge is -2.05. The summed E-state index contributed by atoms with van der Waals surface area (Å²) in [6.45, 7) is 0. The molecule has 0 aromatic heterocycles. The van der Waals surface area contributed by atoms with Gasteiger partial charge >= 0.3 is 0 Å². The zero-order valence-electron chi connectivity index (χ0n) is 8.27. The van der Waals surface area contributed by atoms with Crippen LogP contribution in [0.25, 0.3) is 10.8 Å². The van der Waals surface area contributed by atoms with Crippen molar-refractivity contribution in [3.63, 3.8) is 0 Å². The van der Waals surface area contributed by atoms with E-state index in [4.69, 9.17) is 12.2 Å². The summed E-state index contributed by atoms with van der Waals surface area (Å²) in [5, 5.41) is 2.55. The molecule has 0 spiro atoms. The minimum absolute atomic E-state index is 0.964. The van der Waals surface area contributed by atoms with Crippen molar-refractivity contribution in [2.75, 3.05) is 6.26 Å². The topological polar surface area (TPSA) is 0 Å². The molecular formula is C12H10S3. The van der Waals surface area contributed by atoms with Crippen molar-refractivity contribution in [3.8, 4) is 0 Å². The second-order valence-electron chi connectivity index (χ2n) is 3.03. The molecule has 3 heteroatoms. The van der Waals surface area contributed by atoms with Gasteiger partial charge in [0.25, 0.3) is 0 Å². The van der Waals surface area contributed by atoms with E-state index in [0.717, 1.165) is 3.53 Å². The van der Waals surface area contributed by atoms with Crippen molar-refractivity contribution in [1.29, 1.82) is 0 Å². The first kappa shape index (κ1) is 11.0. The zero-order valence-corrected chi connectivity index (χ0v) is 10.7. The maximum Gasteiger partial charge on any atom is 0.108 e. The molecule has 0 fully saturated rings. The number of fused-ring (bicyclic) bond motifs is 1. The van der Waals surface area contributed by atoms with Crippen LogP contribution in [0.3, 0.4) is 0 Å². The van der Waals surface area contributed by atoms with Gasteiger partial charge in [0.1, 0.15) is 3.53 Å². The average Bonchev–Trinajstić information content (AvgIpc) is 2.29. The number of thiocarbonyl (C=S) groups is 1. The first-order valence-electron chi connectivity index (χ1n) is 4.55. The van der Waals surface area contributed by atoms with E-state index in [1.165, 1.54) is 15.7 Å². The van der Waals surface area contributed by atoms with Crippen LogP contribution in [0.15, 0.2) is 47.4 Å². The second-order valence-corrected chi connectivity index (χ2v) is 6.09. The molecule has 2 aromatic carbocycles. The molecule has 0 N–H and O–H groups in total. The van der Waals surface area contributed by atoms with Crippen molar-refractivity contribution < 1.29 is 0 Å². The summed E-state index contributed by atoms with van der Waals surface area (Å²) in [6, 6.07) is 14.7. The van der Waals surface area contributed by atoms with Gasteiger partial charge in [0, 0.05) is 4.90 Å². The van der Waals surface area contributed by atoms with E-state index in [9.17, 15) is 0 Å². The van der Waals surface area contributed by atoms with Crippen LogP contribution in [0.5, 0.6) is 0 Å². The first-order valence-corrected chi connectivity index (χ1v) is 7.00. The summed E-state index contributed by atoms with van der Waals surface area (Å²) < 4.78 is 0.964. The van der Waals surface area contributed by atoms with Gasteiger partial charge in [-0.2, -0.15) is 0 Å². The molecular weight excluding hydrogens is 240 g/mol. The Bertz CT molecular complexity index is 486. The molecule has 15 heavy (non-hydrogen) atoms. The van der Waals surface area contributed by atoms with E-state index in [1.54, 1.807) is 23.5 Å². The number of thioether (sulfide) groups is 2. The summed E-state index contributed by atoms with van der Waals surface area (Å²) in [5.74, 6) is 0. The Morgan fingerprint density at radius 2 is 1.80 bits per heavy atom. The molecule has 0 aliphatic heterocycles. The predicted octanol–water partition coefficient (Wildman–Crippen LogP) is 4.58. The van der Waals surface area contributed by atoms with E-state index >= 15 is 0 Å². The highest BCUT2D eigenvalue weighted by Gasteiger charge is 2.03. The van der Waals surface area contributed by atoms with Crippen LogP contribution in [-0.2, 0) is 0 Å². The van der Waals surface area contributed by atoms with Crippen LogP contribution in [-0.4, -0.2) is 9.78 Å². The largest absolute Gasteiger partial charge is 0.111 e. The van der Waals surface area contributed by atoms with Gasteiger partial charge in [-0.3, -0.25) is 0 Å². The van der Waals surface area contributed by atoms with Gasteiger partial charge in [-0.25, -0.2) is 0 Å². The molecule has 0 aliphatic carbocycles. The molecule has 0 amide bonds. The highest BCUT2D eigenvalue weighted by atomic mass is 32.2. The molecule has 2 aromatic rings. The predicted molar refractivity (Wildman–Crippen MR) is 75.9 cm³/mol. The van der Waals surface area contributed by atoms with Crippen molar-refractivity contribution in [2.24, 2.45) is 0 Å². The van der Waals surface area contributed by atoms with Crippen LogP contribution in [0, 0.1) is 0 Å². The number of hydrogen-bond donors (Lipinski definition) is 0. The van der Waals surface area contributed by atoms with Gasteiger partial charge < -0.3 is 0 Å². The number of rotatable bonds is 1. The molecule has 0 radical (unpaired) electrons. The molecule has 0 bridgehead atoms. The third-order valence-corrected chi connectivity index (χ3v) is 4.69. The van der Waals surface area contributed by atoms with Crippen LogP contribution in [0.4, 0.5) is 0 Å². The highest BCUT2D eigenvalue weighted by Crippen LogP contribution is 2.31. The fourth-order valence-electron chi connectivity index (χ4n) is 1.42. The molecule has 0 aliphatic rings. The van der Waals surface area contributed by atoms with Crippen molar-refractivity contribution >= 4 is 50.0 Å². The third-order valence-electron chi connectivity index (χ3n) is 2.11. The van der Waals surface area contributed by atoms with Gasteiger partial charge in [0.15, 0.2) is 0 Å². The molecule has 0 saturated heterocycles. The maximum absolute atomic E-state index is 5.23. The Morgan fingerprint density at radius 3 is 2.60 bits per heavy atom. The van der Waals surface area contributed by atoms with Gasteiger partial charge in [0.05, 0.1) is 0 Å². The van der Waals surface area contributed by atoms with Crippen molar-refractivity contribution in [3.05, 3.63) is 42.5 Å². The smallest absolute Gasteiger partial charge is 0.108 e. The summed E-state index contributed by atoms with van der Waals surface area (Å²) in [6.07, 6.45) is 2.01. The summed E-state index contributed by atoms with van der Waals surface area (Å²) in [5.41, 5.74) is 0. The Labute approximate surface area is 103 Å². The molecule has 2 rings (SSSR count). The second kappa shape index (κ2) is 5.01. The van der Waals surface area contributed by atoms with Gasteiger partial charge in [-0.15, -0.1) is 11.8 Å². The SMILES string of the molecule is CSC(=S)Sc1cccc2ccccc12. The fourth-order valence-corrected chi connectivity index (χ4v) is 2.91. The van der Waals surface area contributed by atoms with Gasteiger partial charge in [-0.1, -0.05) is 60.4 Å². The zero-order chi connectivity index (χ0) is 10.7. The number of benzene rings is 2. The fraction of sp³-hybridized carbons (Fsp3) is 0.0833. The summed E-state index contributed by atoms with van der Waals surface area (Å²) in [7, 11) is 0. The third kappa shape index (κ3) is 2.54. The molecule has 76 valence electrons. The molecule has 0 heterocycles. The molecule has 0 nitrogen and oxygen atoms in total. The standard InChI is InChI=1S/C12H10S3/c1-14-12(13)15-11-8-4-6-9-5-2-3-7-10(9)11/h2-8H,1H3. The van der Waals surface area contributed by atoms with Crippen LogP contribution in [0.2, 0.25) is 0 Å². The van der Waals surface area contributed by atoms with E-state index in [-0.39, 0.29) is 0 Å². The monoisotopic (exact) mass is 250 g/mol. The van der Waals surface area contributed by atoms with Crippen molar-refractivity contribution in [2.45, 2.75) is 4.90 Å². The Balaban J connectivity index is 2.46. The van der Waals surface area contributed by atoms with E-state index < -0.39 is 0 Å². The number of hydrogen-bond acceptors (Lipinski definition) is 3. The minimum Gasteiger partial charge on any atom is -0.111 e. The average molecular weight is 250 g/mol. The van der Waals surface area contributed by atoms with Crippen molar-refractivity contribution in [1.82, 2.24) is 0 Å². The quantitative estimate of drug-likeness (QED) is 0.537. The van der Waals surface area contributed by atoms with E-state index in [2.05, 4.69) is 42.5 Å². The highest BCUT2D eigenvalue weighted by molar-refractivity contribution is 8.47. The van der Waals surface area contributed by atoms with Crippen LogP contribution in [0.1, 0.15) is 0 Å². The summed E-state index contributed by atoms with van der Waals surface area (Å²) in [4.78, 5) is 1.24. The molecule has 0 atom stereocenters. The van der Waals surface area contributed by atoms with Crippen LogP contribution < -0.4 is 0 Å². The molecule has 0 saturated carbocycles. The van der Waals surface area contributed by atoms with Crippen LogP contribution >= 0.6 is 35.7 Å². The summed E-state index contributed by atoms with van der Waals surface area (Å²) >= 11 is 8.52. The lowest BCUT2D eigenvalue weighted by atomic mass is 10.1. The van der Waals surface area contributed by atoms with E-state index in [1.807, 2.05) is 6.26 Å². The lowest BCUT2D eigenvalue weighted by Crippen LogP contribution is -1.81. The Hall–Kier alpha value is -0.510. The molecule has 0 unspecified atom stereocenters. The maximum atomic E-state index is 5.23. The van der Waals surface area contributed by atoms with Gasteiger partial charge in [0.2, 0.25) is 0 Å². The minimum atomic E-state index is 0.964. The van der Waals surface area contributed by atoms with Gasteiger partial charge in [-0.05, 0) is 23.1 Å². The Kier molecular flexibility index (Phi) is 3.67. The Morgan fingerprint density at radius 1 is 1.07 bits per heavy atom. The first-order chi connectivity index (χ1) is 7.31. The van der Waals surface area contributed by atoms with E-state index in [0.29, 0.717) is 0 Å². The lowest BCUT2D eigenvalue weighted by molar-refractivity contribution is 1.56. The normalized spacial score (nSPS) is 10.5.